The first-order valence-electron chi connectivity index (χ1n) is 7.83. The Hall–Kier alpha value is -1.02. The van der Waals surface area contributed by atoms with E-state index in [0.29, 0.717) is 0 Å². The van der Waals surface area contributed by atoms with Gasteiger partial charge in [-0.25, -0.2) is 0 Å². The van der Waals surface area contributed by atoms with Gasteiger partial charge in [-0.15, -0.1) is 0 Å². The molecule has 1 aliphatic heterocycles. The first-order valence-corrected chi connectivity index (χ1v) is 7.83. The van der Waals surface area contributed by atoms with Crippen LogP contribution in [0.25, 0.3) is 0 Å². The van der Waals surface area contributed by atoms with Crippen molar-refractivity contribution in [1.82, 2.24) is 5.32 Å². The molecule has 2 heteroatoms. The summed E-state index contributed by atoms with van der Waals surface area (Å²) >= 11 is 0. The van der Waals surface area contributed by atoms with E-state index in [2.05, 4.69) is 42.3 Å². The summed E-state index contributed by atoms with van der Waals surface area (Å²) in [6, 6.07) is 6.88. The van der Waals surface area contributed by atoms with Crippen molar-refractivity contribution in [3.63, 3.8) is 0 Å². The molecule has 0 amide bonds. The van der Waals surface area contributed by atoms with E-state index in [4.69, 9.17) is 0 Å². The lowest BCUT2D eigenvalue weighted by Gasteiger charge is -2.37. The molecule has 0 aromatic heterocycles. The number of hydrogen-bond acceptors (Lipinski definition) is 2. The number of anilines is 1. The van der Waals surface area contributed by atoms with Crippen LogP contribution in [0.3, 0.4) is 0 Å². The van der Waals surface area contributed by atoms with Gasteiger partial charge in [0.25, 0.3) is 0 Å². The van der Waals surface area contributed by atoms with Crippen LogP contribution < -0.4 is 10.2 Å². The predicted octanol–water partition coefficient (Wildman–Crippen LogP) is 3.91. The number of nitrogens with one attached hydrogen (secondary N) is 1. The number of fused-ring (bicyclic) bond motifs is 1. The van der Waals surface area contributed by atoms with Crippen LogP contribution >= 0.6 is 0 Å². The average Bonchev–Trinajstić information content (AvgIpc) is 2.45. The topological polar surface area (TPSA) is 15.3 Å². The van der Waals surface area contributed by atoms with E-state index in [1.807, 2.05) is 7.05 Å². The van der Waals surface area contributed by atoms with Crippen LogP contribution in [0.1, 0.15) is 56.6 Å². The van der Waals surface area contributed by atoms with Gasteiger partial charge in [0.1, 0.15) is 0 Å². The summed E-state index contributed by atoms with van der Waals surface area (Å²) in [6.45, 7) is 7.87. The van der Waals surface area contributed by atoms with E-state index < -0.39 is 0 Å². The Balaban J connectivity index is 2.33. The van der Waals surface area contributed by atoms with Crippen molar-refractivity contribution in [2.75, 3.05) is 25.0 Å². The molecule has 0 spiro atoms. The monoisotopic (exact) mass is 260 g/mol. The third kappa shape index (κ3) is 3.11. The van der Waals surface area contributed by atoms with Gasteiger partial charge in [-0.05, 0) is 43.9 Å². The Morgan fingerprint density at radius 3 is 2.84 bits per heavy atom. The second-order valence-corrected chi connectivity index (χ2v) is 5.59. The first kappa shape index (κ1) is 14.4. The molecular formula is C17H28N2. The number of unbranched alkanes of at least 4 members (excludes halogenated alkanes) is 1. The van der Waals surface area contributed by atoms with Crippen molar-refractivity contribution in [2.24, 2.45) is 0 Å². The van der Waals surface area contributed by atoms with Crippen LogP contribution in [0, 0.1) is 0 Å². The van der Waals surface area contributed by atoms with Gasteiger partial charge in [0, 0.05) is 25.3 Å². The Morgan fingerprint density at radius 1 is 1.32 bits per heavy atom. The van der Waals surface area contributed by atoms with E-state index >= 15 is 0 Å². The molecule has 2 rings (SSSR count). The molecule has 1 aliphatic rings. The summed E-state index contributed by atoms with van der Waals surface area (Å²) in [5.74, 6) is 0.773. The smallest absolute Gasteiger partial charge is 0.0447 e. The van der Waals surface area contributed by atoms with Gasteiger partial charge < -0.3 is 10.2 Å². The first-order chi connectivity index (χ1) is 9.31. The molecule has 0 fully saturated rings. The quantitative estimate of drug-likeness (QED) is 0.834. The number of para-hydroxylation sites is 1. The molecule has 1 aromatic carbocycles. The normalized spacial score (nSPS) is 18.5. The Morgan fingerprint density at radius 2 is 2.16 bits per heavy atom. The van der Waals surface area contributed by atoms with E-state index in [0.717, 1.165) is 19.0 Å². The van der Waals surface area contributed by atoms with Crippen molar-refractivity contribution >= 4 is 5.69 Å². The highest BCUT2D eigenvalue weighted by molar-refractivity contribution is 5.62. The summed E-state index contributed by atoms with van der Waals surface area (Å²) in [6.07, 6.45) is 5.33. The Labute approximate surface area is 118 Å². The fourth-order valence-corrected chi connectivity index (χ4v) is 3.30. The van der Waals surface area contributed by atoms with Crippen molar-refractivity contribution in [1.29, 1.82) is 0 Å². The summed E-state index contributed by atoms with van der Waals surface area (Å²) in [7, 11) is 2.03. The molecule has 0 bridgehead atoms. The molecule has 0 aliphatic carbocycles. The van der Waals surface area contributed by atoms with Gasteiger partial charge in [-0.3, -0.25) is 0 Å². The fraction of sp³-hybridized carbons (Fsp3) is 0.647. The van der Waals surface area contributed by atoms with Crippen LogP contribution in [0.5, 0.6) is 0 Å². The molecule has 1 heterocycles. The standard InChI is InChI=1S/C17H28N2/c1-4-6-8-14-11-12-19(5-2)17-15(13-18-3)9-7-10-16(14)17/h7,9-10,14,18H,4-6,8,11-13H2,1-3H3. The van der Waals surface area contributed by atoms with Crippen LogP contribution in [-0.2, 0) is 6.54 Å². The SMILES string of the molecule is CCCCC1CCN(CC)c2c(CNC)cccc21. The lowest BCUT2D eigenvalue weighted by atomic mass is 9.84. The second kappa shape index (κ2) is 6.95. The lowest BCUT2D eigenvalue weighted by Crippen LogP contribution is -2.32. The summed E-state index contributed by atoms with van der Waals surface area (Å²) in [5.41, 5.74) is 4.57. The van der Waals surface area contributed by atoms with Crippen LogP contribution in [0.4, 0.5) is 5.69 Å². The third-order valence-electron chi connectivity index (χ3n) is 4.31. The van der Waals surface area contributed by atoms with Gasteiger partial charge in [-0.1, -0.05) is 38.0 Å². The molecule has 106 valence electrons. The molecule has 0 saturated carbocycles. The molecule has 1 atom stereocenters. The Bertz CT molecular complexity index is 400. The highest BCUT2D eigenvalue weighted by atomic mass is 15.1. The zero-order valence-corrected chi connectivity index (χ0v) is 12.7. The van der Waals surface area contributed by atoms with Crippen LogP contribution in [-0.4, -0.2) is 20.1 Å². The summed E-state index contributed by atoms with van der Waals surface area (Å²) in [4.78, 5) is 2.56. The molecule has 1 aromatic rings. The minimum Gasteiger partial charge on any atom is -0.371 e. The van der Waals surface area contributed by atoms with Gasteiger partial charge in [0.05, 0.1) is 0 Å². The highest BCUT2D eigenvalue weighted by Crippen LogP contribution is 2.40. The largest absolute Gasteiger partial charge is 0.371 e. The maximum atomic E-state index is 3.31. The number of rotatable bonds is 6. The molecule has 19 heavy (non-hydrogen) atoms. The molecule has 1 N–H and O–H groups in total. The maximum absolute atomic E-state index is 3.31. The molecule has 0 saturated heterocycles. The van der Waals surface area contributed by atoms with E-state index in [-0.39, 0.29) is 0 Å². The second-order valence-electron chi connectivity index (χ2n) is 5.59. The van der Waals surface area contributed by atoms with Gasteiger partial charge >= 0.3 is 0 Å². The van der Waals surface area contributed by atoms with Crippen LogP contribution in [0.15, 0.2) is 18.2 Å². The molecule has 0 radical (unpaired) electrons. The van der Waals surface area contributed by atoms with E-state index in [1.165, 1.54) is 43.5 Å². The predicted molar refractivity (Wildman–Crippen MR) is 84.0 cm³/mol. The molecule has 2 nitrogen and oxygen atoms in total. The van der Waals surface area contributed by atoms with E-state index in [9.17, 15) is 0 Å². The van der Waals surface area contributed by atoms with Crippen molar-refractivity contribution in [2.45, 2.75) is 52.0 Å². The van der Waals surface area contributed by atoms with Gasteiger partial charge in [0.2, 0.25) is 0 Å². The zero-order chi connectivity index (χ0) is 13.7. The number of nitrogens with zero attached hydrogens (tertiary/aromatic N) is 1. The molecular weight excluding hydrogens is 232 g/mol. The van der Waals surface area contributed by atoms with Crippen molar-refractivity contribution in [3.05, 3.63) is 29.3 Å². The van der Waals surface area contributed by atoms with E-state index in [1.54, 1.807) is 5.56 Å². The highest BCUT2D eigenvalue weighted by Gasteiger charge is 2.25. The minimum atomic E-state index is 0.773. The average molecular weight is 260 g/mol. The summed E-state index contributed by atoms with van der Waals surface area (Å²) < 4.78 is 0. The van der Waals surface area contributed by atoms with Crippen molar-refractivity contribution in [3.8, 4) is 0 Å². The maximum Gasteiger partial charge on any atom is 0.0447 e. The summed E-state index contributed by atoms with van der Waals surface area (Å²) in [5, 5.41) is 3.31. The van der Waals surface area contributed by atoms with Crippen molar-refractivity contribution < 1.29 is 0 Å². The van der Waals surface area contributed by atoms with Gasteiger partial charge in [-0.2, -0.15) is 0 Å². The van der Waals surface area contributed by atoms with Gasteiger partial charge in [0.15, 0.2) is 0 Å². The third-order valence-corrected chi connectivity index (χ3v) is 4.31. The Kier molecular flexibility index (Phi) is 5.26. The van der Waals surface area contributed by atoms with Crippen LogP contribution in [0.2, 0.25) is 0 Å². The lowest BCUT2D eigenvalue weighted by molar-refractivity contribution is 0.520. The number of hydrogen-bond donors (Lipinski definition) is 1. The zero-order valence-electron chi connectivity index (χ0n) is 12.7. The fourth-order valence-electron chi connectivity index (χ4n) is 3.30. The molecule has 1 unspecified atom stereocenters. The number of benzene rings is 1. The minimum absolute atomic E-state index is 0.773.